The fourth-order valence-electron chi connectivity index (χ4n) is 2.94. The van der Waals surface area contributed by atoms with Crippen LogP contribution in [0.3, 0.4) is 0 Å². The maximum Gasteiger partial charge on any atom is 0.306 e. The van der Waals surface area contributed by atoms with Crippen LogP contribution in [0.4, 0.5) is 5.82 Å². The monoisotopic (exact) mass is 368 g/mol. The van der Waals surface area contributed by atoms with Crippen molar-refractivity contribution in [3.05, 3.63) is 48.3 Å². The summed E-state index contributed by atoms with van der Waals surface area (Å²) in [6.07, 6.45) is 3.41. The van der Waals surface area contributed by atoms with Crippen LogP contribution in [0.2, 0.25) is 0 Å². The Bertz CT molecular complexity index is 942. The second-order valence-corrected chi connectivity index (χ2v) is 6.74. The average Bonchev–Trinajstić information content (AvgIpc) is 3.26. The lowest BCUT2D eigenvalue weighted by Crippen LogP contribution is -2.31. The quantitative estimate of drug-likeness (QED) is 0.625. The van der Waals surface area contributed by atoms with E-state index in [-0.39, 0.29) is 18.4 Å². The number of aromatic nitrogens is 3. The zero-order valence-electron chi connectivity index (χ0n) is 15.7. The molecule has 0 aliphatic heterocycles. The van der Waals surface area contributed by atoms with Crippen LogP contribution in [-0.4, -0.2) is 32.7 Å². The van der Waals surface area contributed by atoms with Gasteiger partial charge < -0.3 is 15.0 Å². The van der Waals surface area contributed by atoms with E-state index < -0.39 is 12.1 Å². The van der Waals surface area contributed by atoms with Gasteiger partial charge in [-0.05, 0) is 38.8 Å². The molecule has 142 valence electrons. The summed E-state index contributed by atoms with van der Waals surface area (Å²) in [5, 5.41) is 8.01. The van der Waals surface area contributed by atoms with Gasteiger partial charge in [-0.25, -0.2) is 4.68 Å². The molecule has 0 bridgehead atoms. The van der Waals surface area contributed by atoms with Gasteiger partial charge >= 0.3 is 5.97 Å². The second-order valence-electron chi connectivity index (χ2n) is 6.74. The number of hydrogen-bond donors (Lipinski definition) is 2. The van der Waals surface area contributed by atoms with E-state index in [1.54, 1.807) is 23.9 Å². The molecule has 0 unspecified atom stereocenters. The van der Waals surface area contributed by atoms with E-state index in [9.17, 15) is 9.59 Å². The number of ether oxygens (including phenoxy) is 1. The van der Waals surface area contributed by atoms with E-state index >= 15 is 0 Å². The molecule has 7 nitrogen and oxygen atoms in total. The van der Waals surface area contributed by atoms with E-state index in [2.05, 4.69) is 15.4 Å². The molecule has 3 aromatic rings. The fraction of sp³-hybridized carbons (Fsp3) is 0.350. The van der Waals surface area contributed by atoms with Crippen molar-refractivity contribution in [1.82, 2.24) is 14.8 Å². The van der Waals surface area contributed by atoms with Gasteiger partial charge in [-0.1, -0.05) is 18.2 Å². The molecule has 1 atom stereocenters. The number of fused-ring (bicyclic) bond motifs is 1. The number of aromatic amines is 1. The van der Waals surface area contributed by atoms with Crippen LogP contribution in [0.5, 0.6) is 0 Å². The van der Waals surface area contributed by atoms with Crippen LogP contribution in [0, 0.1) is 0 Å². The SMILES string of the molecule is CC(C)n1nccc1NC(=O)[C@@H](C)OC(=O)CCc1c[nH]c2ccccc12. The molecule has 1 aromatic carbocycles. The van der Waals surface area contributed by atoms with E-state index in [0.29, 0.717) is 12.2 Å². The topological polar surface area (TPSA) is 89.0 Å². The van der Waals surface area contributed by atoms with Crippen molar-refractivity contribution >= 4 is 28.6 Å². The first-order valence-corrected chi connectivity index (χ1v) is 9.04. The highest BCUT2D eigenvalue weighted by molar-refractivity contribution is 5.94. The Kier molecular flexibility index (Phi) is 5.59. The minimum Gasteiger partial charge on any atom is -0.453 e. The van der Waals surface area contributed by atoms with Crippen LogP contribution in [0.15, 0.2) is 42.7 Å². The standard InChI is InChI=1S/C20H24N4O3/c1-13(2)24-18(10-11-22-24)23-20(26)14(3)27-19(25)9-8-15-12-21-17-7-5-4-6-16(15)17/h4-7,10-14,21H,8-9H2,1-3H3,(H,23,26)/t14-/m1/s1. The molecule has 0 aliphatic rings. The smallest absolute Gasteiger partial charge is 0.306 e. The summed E-state index contributed by atoms with van der Waals surface area (Å²) in [6.45, 7) is 5.50. The first kappa shape index (κ1) is 18.7. The highest BCUT2D eigenvalue weighted by atomic mass is 16.5. The Morgan fingerprint density at radius 1 is 1.22 bits per heavy atom. The average molecular weight is 368 g/mol. The third kappa shape index (κ3) is 4.36. The largest absolute Gasteiger partial charge is 0.453 e. The normalized spacial score (nSPS) is 12.3. The molecular weight excluding hydrogens is 344 g/mol. The molecule has 2 N–H and O–H groups in total. The summed E-state index contributed by atoms with van der Waals surface area (Å²) in [6, 6.07) is 9.76. The lowest BCUT2D eigenvalue weighted by molar-refractivity contribution is -0.153. The van der Waals surface area contributed by atoms with Crippen molar-refractivity contribution < 1.29 is 14.3 Å². The Morgan fingerprint density at radius 2 is 2.00 bits per heavy atom. The van der Waals surface area contributed by atoms with Gasteiger partial charge in [0.25, 0.3) is 5.91 Å². The van der Waals surface area contributed by atoms with Crippen molar-refractivity contribution in [3.63, 3.8) is 0 Å². The number of carbonyl (C=O) groups is 2. The summed E-state index contributed by atoms with van der Waals surface area (Å²) >= 11 is 0. The van der Waals surface area contributed by atoms with Gasteiger partial charge in [0.05, 0.1) is 6.20 Å². The maximum absolute atomic E-state index is 12.3. The molecule has 3 rings (SSSR count). The molecule has 7 heteroatoms. The highest BCUT2D eigenvalue weighted by Crippen LogP contribution is 2.19. The second kappa shape index (κ2) is 8.07. The maximum atomic E-state index is 12.3. The molecule has 27 heavy (non-hydrogen) atoms. The number of carbonyl (C=O) groups excluding carboxylic acids is 2. The van der Waals surface area contributed by atoms with Crippen LogP contribution >= 0.6 is 0 Å². The van der Waals surface area contributed by atoms with Crippen molar-refractivity contribution in [3.8, 4) is 0 Å². The highest BCUT2D eigenvalue weighted by Gasteiger charge is 2.20. The van der Waals surface area contributed by atoms with Gasteiger partial charge in [-0.15, -0.1) is 0 Å². The number of nitrogens with one attached hydrogen (secondary N) is 2. The number of rotatable bonds is 7. The summed E-state index contributed by atoms with van der Waals surface area (Å²) in [7, 11) is 0. The first-order valence-electron chi connectivity index (χ1n) is 9.04. The molecule has 2 heterocycles. The van der Waals surface area contributed by atoms with Crippen LogP contribution in [-0.2, 0) is 20.7 Å². The van der Waals surface area contributed by atoms with Crippen molar-refractivity contribution in [2.75, 3.05) is 5.32 Å². The fourth-order valence-corrected chi connectivity index (χ4v) is 2.94. The van der Waals surface area contributed by atoms with Gasteiger partial charge in [-0.3, -0.25) is 9.59 Å². The molecule has 0 radical (unpaired) electrons. The zero-order chi connectivity index (χ0) is 19.4. The van der Waals surface area contributed by atoms with Crippen LogP contribution < -0.4 is 5.32 Å². The molecule has 0 saturated carbocycles. The molecule has 1 amide bonds. The number of hydrogen-bond acceptors (Lipinski definition) is 4. The molecule has 0 spiro atoms. The molecule has 0 aliphatic carbocycles. The molecule has 0 fully saturated rings. The van der Waals surface area contributed by atoms with Crippen molar-refractivity contribution in [2.24, 2.45) is 0 Å². The molecule has 0 saturated heterocycles. The first-order chi connectivity index (χ1) is 13.0. The number of anilines is 1. The zero-order valence-corrected chi connectivity index (χ0v) is 15.7. The Morgan fingerprint density at radius 3 is 2.78 bits per heavy atom. The lowest BCUT2D eigenvalue weighted by atomic mass is 10.1. The third-order valence-electron chi connectivity index (χ3n) is 4.36. The van der Waals surface area contributed by atoms with E-state index in [1.807, 2.05) is 44.3 Å². The number of benzene rings is 1. The molecule has 2 aromatic heterocycles. The minimum atomic E-state index is -0.879. The van der Waals surface area contributed by atoms with Gasteiger partial charge in [-0.2, -0.15) is 5.10 Å². The Labute approximate surface area is 157 Å². The molecular formula is C20H24N4O3. The van der Waals surface area contributed by atoms with Gasteiger partial charge in [0.2, 0.25) is 0 Å². The predicted molar refractivity (Wildman–Crippen MR) is 103 cm³/mol. The van der Waals surface area contributed by atoms with E-state index in [0.717, 1.165) is 16.5 Å². The van der Waals surface area contributed by atoms with Crippen molar-refractivity contribution in [1.29, 1.82) is 0 Å². The number of nitrogens with zero attached hydrogens (tertiary/aromatic N) is 2. The summed E-state index contributed by atoms with van der Waals surface area (Å²) in [4.78, 5) is 27.6. The number of H-pyrrole nitrogens is 1. The van der Waals surface area contributed by atoms with Gasteiger partial charge in [0, 0.05) is 35.6 Å². The third-order valence-corrected chi connectivity index (χ3v) is 4.36. The summed E-state index contributed by atoms with van der Waals surface area (Å²) in [5.74, 6) is -0.199. The van der Waals surface area contributed by atoms with Crippen molar-refractivity contribution in [2.45, 2.75) is 45.8 Å². The van der Waals surface area contributed by atoms with Gasteiger partial charge in [0.1, 0.15) is 5.82 Å². The summed E-state index contributed by atoms with van der Waals surface area (Å²) in [5.41, 5.74) is 2.09. The number of amides is 1. The summed E-state index contributed by atoms with van der Waals surface area (Å²) < 4.78 is 6.98. The lowest BCUT2D eigenvalue weighted by Gasteiger charge is -2.15. The van der Waals surface area contributed by atoms with Crippen LogP contribution in [0.25, 0.3) is 10.9 Å². The number of esters is 1. The Balaban J connectivity index is 1.52. The van der Waals surface area contributed by atoms with Gasteiger partial charge in [0.15, 0.2) is 6.10 Å². The minimum absolute atomic E-state index is 0.115. The van der Waals surface area contributed by atoms with E-state index in [4.69, 9.17) is 4.74 Å². The number of aryl methyl sites for hydroxylation is 1. The van der Waals surface area contributed by atoms with Crippen LogP contribution in [0.1, 0.15) is 38.8 Å². The number of para-hydroxylation sites is 1. The van der Waals surface area contributed by atoms with E-state index in [1.165, 1.54) is 0 Å². The Hall–Kier alpha value is -3.09. The predicted octanol–water partition coefficient (Wildman–Crippen LogP) is 3.45.